The third-order valence-corrected chi connectivity index (χ3v) is 5.45. The van der Waals surface area contributed by atoms with Crippen LogP contribution in [0.25, 0.3) is 10.1 Å². The van der Waals surface area contributed by atoms with E-state index in [9.17, 15) is 0 Å². The molecule has 3 rings (SSSR count). The first-order valence-corrected chi connectivity index (χ1v) is 8.37. The van der Waals surface area contributed by atoms with Crippen LogP contribution in [0.1, 0.15) is 44.7 Å². The van der Waals surface area contributed by atoms with E-state index in [1.54, 1.807) is 0 Å². The fourth-order valence-corrected chi connectivity index (χ4v) is 4.52. The zero-order chi connectivity index (χ0) is 13.2. The van der Waals surface area contributed by atoms with Crippen LogP contribution < -0.4 is 5.32 Å². The quantitative estimate of drug-likeness (QED) is 0.827. The molecule has 1 N–H and O–H groups in total. The summed E-state index contributed by atoms with van der Waals surface area (Å²) >= 11 is 1.89. The van der Waals surface area contributed by atoms with Crippen LogP contribution in [0.15, 0.2) is 29.6 Å². The third kappa shape index (κ3) is 2.56. The molecule has 0 saturated heterocycles. The van der Waals surface area contributed by atoms with Gasteiger partial charge in [-0.3, -0.25) is 0 Å². The molecule has 1 heterocycles. The summed E-state index contributed by atoms with van der Waals surface area (Å²) in [7, 11) is 0. The molecular weight excluding hydrogens is 250 g/mol. The Morgan fingerprint density at radius 1 is 1.32 bits per heavy atom. The van der Waals surface area contributed by atoms with Crippen LogP contribution >= 0.6 is 11.3 Å². The monoisotopic (exact) mass is 273 g/mol. The minimum atomic E-state index is 0.539. The highest BCUT2D eigenvalue weighted by Gasteiger charge is 2.30. The minimum Gasteiger partial charge on any atom is -0.310 e. The summed E-state index contributed by atoms with van der Waals surface area (Å²) in [6, 6.07) is 9.55. The molecule has 1 aromatic heterocycles. The Kier molecular flexibility index (Phi) is 3.90. The number of benzene rings is 1. The summed E-state index contributed by atoms with van der Waals surface area (Å²) in [4.78, 5) is 0. The first-order valence-electron chi connectivity index (χ1n) is 7.49. The van der Waals surface area contributed by atoms with Crippen molar-refractivity contribution in [3.63, 3.8) is 0 Å². The van der Waals surface area contributed by atoms with Crippen LogP contribution in [0, 0.1) is 11.8 Å². The van der Waals surface area contributed by atoms with Gasteiger partial charge >= 0.3 is 0 Å². The molecule has 3 unspecified atom stereocenters. The van der Waals surface area contributed by atoms with E-state index < -0.39 is 0 Å². The van der Waals surface area contributed by atoms with E-state index >= 15 is 0 Å². The van der Waals surface area contributed by atoms with Gasteiger partial charge in [0.1, 0.15) is 0 Å². The summed E-state index contributed by atoms with van der Waals surface area (Å²) < 4.78 is 1.48. The van der Waals surface area contributed by atoms with Crippen LogP contribution in [0.2, 0.25) is 0 Å². The van der Waals surface area contributed by atoms with Gasteiger partial charge in [0.2, 0.25) is 0 Å². The van der Waals surface area contributed by atoms with Gasteiger partial charge in [-0.25, -0.2) is 0 Å². The topological polar surface area (TPSA) is 12.0 Å². The van der Waals surface area contributed by atoms with Crippen molar-refractivity contribution in [3.05, 3.63) is 35.2 Å². The summed E-state index contributed by atoms with van der Waals surface area (Å²) in [5, 5.41) is 7.37. The van der Waals surface area contributed by atoms with Crippen molar-refractivity contribution in [1.82, 2.24) is 5.32 Å². The van der Waals surface area contributed by atoms with Gasteiger partial charge in [-0.15, -0.1) is 11.3 Å². The van der Waals surface area contributed by atoms with Gasteiger partial charge in [0.15, 0.2) is 0 Å². The van der Waals surface area contributed by atoms with E-state index in [-0.39, 0.29) is 0 Å². The van der Waals surface area contributed by atoms with Crippen LogP contribution in [0.5, 0.6) is 0 Å². The molecule has 1 aliphatic carbocycles. The van der Waals surface area contributed by atoms with Gasteiger partial charge in [0.25, 0.3) is 0 Å². The Morgan fingerprint density at radius 3 is 2.95 bits per heavy atom. The molecule has 0 radical (unpaired) electrons. The average molecular weight is 273 g/mol. The average Bonchev–Trinajstić information content (AvgIpc) is 3.04. The Bertz CT molecular complexity index is 545. The van der Waals surface area contributed by atoms with E-state index in [1.165, 1.54) is 34.9 Å². The molecule has 1 fully saturated rings. The van der Waals surface area contributed by atoms with Crippen molar-refractivity contribution in [2.24, 2.45) is 11.8 Å². The lowest BCUT2D eigenvalue weighted by Crippen LogP contribution is -2.27. The van der Waals surface area contributed by atoms with Crippen LogP contribution in [-0.2, 0) is 0 Å². The molecule has 102 valence electrons. The number of nitrogens with one attached hydrogen (secondary N) is 1. The number of hydrogen-bond donors (Lipinski definition) is 1. The predicted octanol–water partition coefficient (Wildman–Crippen LogP) is 4.99. The van der Waals surface area contributed by atoms with E-state index in [0.717, 1.165) is 18.4 Å². The van der Waals surface area contributed by atoms with E-state index in [1.807, 2.05) is 11.3 Å². The van der Waals surface area contributed by atoms with Gasteiger partial charge in [0, 0.05) is 10.7 Å². The molecule has 1 aliphatic rings. The Labute approximate surface area is 120 Å². The molecule has 0 amide bonds. The van der Waals surface area contributed by atoms with Crippen molar-refractivity contribution >= 4 is 21.4 Å². The van der Waals surface area contributed by atoms with Crippen LogP contribution in [0.4, 0.5) is 0 Å². The lowest BCUT2D eigenvalue weighted by atomic mass is 9.90. The maximum Gasteiger partial charge on any atom is 0.0390 e. The fraction of sp³-hybridized carbons (Fsp3) is 0.529. The van der Waals surface area contributed by atoms with Crippen molar-refractivity contribution in [1.29, 1.82) is 0 Å². The van der Waals surface area contributed by atoms with Gasteiger partial charge < -0.3 is 5.32 Å². The largest absolute Gasteiger partial charge is 0.310 e. The Hall–Kier alpha value is -0.860. The summed E-state index contributed by atoms with van der Waals surface area (Å²) in [6.07, 6.45) is 4.15. The number of rotatable bonds is 4. The van der Waals surface area contributed by atoms with Gasteiger partial charge in [-0.1, -0.05) is 38.5 Å². The van der Waals surface area contributed by atoms with Gasteiger partial charge in [0.05, 0.1) is 0 Å². The zero-order valence-corrected chi connectivity index (χ0v) is 12.7. The number of thiophene rings is 1. The van der Waals surface area contributed by atoms with Crippen LogP contribution in [-0.4, -0.2) is 6.54 Å². The van der Waals surface area contributed by atoms with E-state index in [4.69, 9.17) is 0 Å². The molecule has 19 heavy (non-hydrogen) atoms. The fourth-order valence-electron chi connectivity index (χ4n) is 3.57. The van der Waals surface area contributed by atoms with Gasteiger partial charge in [-0.2, -0.15) is 0 Å². The second kappa shape index (κ2) is 5.64. The summed E-state index contributed by atoms with van der Waals surface area (Å²) in [5.41, 5.74) is 1.52. The molecular formula is C17H23NS. The highest BCUT2D eigenvalue weighted by molar-refractivity contribution is 7.17. The molecule has 2 aromatic rings. The molecule has 0 bridgehead atoms. The Balaban J connectivity index is 1.97. The van der Waals surface area contributed by atoms with Crippen LogP contribution in [0.3, 0.4) is 0 Å². The smallest absolute Gasteiger partial charge is 0.0390 e. The number of hydrogen-bond acceptors (Lipinski definition) is 2. The number of fused-ring (bicyclic) bond motifs is 1. The summed E-state index contributed by atoms with van der Waals surface area (Å²) in [5.74, 6) is 1.70. The highest BCUT2D eigenvalue weighted by Crippen LogP contribution is 2.41. The summed E-state index contributed by atoms with van der Waals surface area (Å²) in [6.45, 7) is 5.67. The van der Waals surface area contributed by atoms with Crippen molar-refractivity contribution < 1.29 is 0 Å². The first-order chi connectivity index (χ1) is 9.29. The second-order valence-corrected chi connectivity index (χ2v) is 6.82. The van der Waals surface area contributed by atoms with E-state index in [2.05, 4.69) is 48.8 Å². The Morgan fingerprint density at radius 2 is 2.21 bits per heavy atom. The maximum atomic E-state index is 3.75. The standard InChI is InChI=1S/C17H23NS/c1-3-18-16(14-8-7-12(2)11-14)15-6-4-5-13-9-10-19-17(13)15/h4-6,9-10,12,14,16,18H,3,7-8,11H2,1-2H3. The molecule has 0 spiro atoms. The third-order valence-electron chi connectivity index (χ3n) is 4.48. The lowest BCUT2D eigenvalue weighted by Gasteiger charge is -2.25. The lowest BCUT2D eigenvalue weighted by molar-refractivity contribution is 0.367. The predicted molar refractivity (Wildman–Crippen MR) is 84.7 cm³/mol. The SMILES string of the molecule is CCNC(c1cccc2ccsc12)C1CCC(C)C1. The maximum absolute atomic E-state index is 3.75. The molecule has 3 atom stereocenters. The molecule has 0 aliphatic heterocycles. The normalized spacial score (nSPS) is 24.9. The minimum absolute atomic E-state index is 0.539. The zero-order valence-electron chi connectivity index (χ0n) is 11.9. The van der Waals surface area contributed by atoms with E-state index in [0.29, 0.717) is 6.04 Å². The van der Waals surface area contributed by atoms with Crippen molar-refractivity contribution in [2.75, 3.05) is 6.54 Å². The highest BCUT2D eigenvalue weighted by atomic mass is 32.1. The first kappa shape index (κ1) is 13.1. The second-order valence-electron chi connectivity index (χ2n) is 5.90. The van der Waals surface area contributed by atoms with Gasteiger partial charge in [-0.05, 0) is 53.6 Å². The molecule has 1 aromatic carbocycles. The molecule has 2 heteroatoms. The van der Waals surface area contributed by atoms with Crippen molar-refractivity contribution in [3.8, 4) is 0 Å². The molecule has 1 nitrogen and oxygen atoms in total. The van der Waals surface area contributed by atoms with Crippen molar-refractivity contribution in [2.45, 2.75) is 39.2 Å². The molecule has 1 saturated carbocycles.